The first-order valence-electron chi connectivity index (χ1n) is 10.8. The Hall–Kier alpha value is -1.95. The van der Waals surface area contributed by atoms with E-state index >= 15 is 0 Å². The van der Waals surface area contributed by atoms with E-state index < -0.39 is 0 Å². The molecule has 0 aromatic heterocycles. The molecule has 168 valence electrons. The number of nitrogens with zero attached hydrogens (tertiary/aromatic N) is 1. The summed E-state index contributed by atoms with van der Waals surface area (Å²) >= 11 is 1.60. The van der Waals surface area contributed by atoms with Gasteiger partial charge in [0.2, 0.25) is 0 Å². The molecule has 4 rings (SSSR count). The Morgan fingerprint density at radius 2 is 1.97 bits per heavy atom. The minimum absolute atomic E-state index is 0.0468. The predicted octanol–water partition coefficient (Wildman–Crippen LogP) is -1.11. The molecular weight excluding hydrogens is 414 g/mol. The Labute approximate surface area is 187 Å². The Morgan fingerprint density at radius 1 is 1.16 bits per heavy atom. The van der Waals surface area contributed by atoms with Gasteiger partial charge in [0.15, 0.2) is 0 Å². The summed E-state index contributed by atoms with van der Waals surface area (Å²) in [4.78, 5) is 27.0. The minimum Gasteiger partial charge on any atom is -0.358 e. The number of nitrogens with one attached hydrogen (secondary N) is 6. The van der Waals surface area contributed by atoms with Crippen molar-refractivity contribution >= 4 is 24.0 Å². The van der Waals surface area contributed by atoms with Crippen molar-refractivity contribution in [2.24, 2.45) is 0 Å². The van der Waals surface area contributed by atoms with Gasteiger partial charge < -0.3 is 20.3 Å². The number of fused-ring (bicyclic) bond motifs is 1. The van der Waals surface area contributed by atoms with E-state index in [1.54, 1.807) is 11.8 Å². The topological polar surface area (TPSA) is 110 Å². The fraction of sp³-hybridized carbons (Fsp3) is 0.524. The fourth-order valence-corrected chi connectivity index (χ4v) is 5.09. The highest BCUT2D eigenvalue weighted by atomic mass is 32.2. The van der Waals surface area contributed by atoms with E-state index in [2.05, 4.69) is 36.8 Å². The Balaban J connectivity index is 1.22. The Morgan fingerprint density at radius 3 is 2.77 bits per heavy atom. The van der Waals surface area contributed by atoms with Crippen molar-refractivity contribution in [1.29, 1.82) is 0 Å². The van der Waals surface area contributed by atoms with Crippen molar-refractivity contribution in [3.63, 3.8) is 0 Å². The second-order valence-electron chi connectivity index (χ2n) is 7.81. The van der Waals surface area contributed by atoms with Crippen LogP contribution < -0.4 is 31.9 Å². The van der Waals surface area contributed by atoms with Crippen molar-refractivity contribution < 1.29 is 9.59 Å². The summed E-state index contributed by atoms with van der Waals surface area (Å²) in [5.74, 6) is 0.656. The zero-order chi connectivity index (χ0) is 21.5. The van der Waals surface area contributed by atoms with Crippen molar-refractivity contribution in [3.05, 3.63) is 47.0 Å². The molecule has 1 amide bonds. The molecule has 1 aromatic carbocycles. The molecule has 3 heterocycles. The number of rotatable bonds is 9. The SMILES string of the molecule is O=CC(CNCCNC(=O)C1=CN(C2NCNC3NCNC32)CCS1)c1ccccc1. The number of aldehydes is 1. The van der Waals surface area contributed by atoms with E-state index in [0.29, 0.717) is 19.6 Å². The first-order chi connectivity index (χ1) is 15.3. The molecule has 2 saturated heterocycles. The third kappa shape index (κ3) is 5.65. The molecular formula is C21H31N7O2S. The van der Waals surface area contributed by atoms with Gasteiger partial charge in [0, 0.05) is 51.5 Å². The molecule has 0 saturated carbocycles. The van der Waals surface area contributed by atoms with Crippen LogP contribution in [-0.2, 0) is 9.59 Å². The van der Waals surface area contributed by atoms with Crippen LogP contribution in [0.4, 0.5) is 0 Å². The number of carbonyl (C=O) groups excluding carboxylic acids is 2. The second kappa shape index (κ2) is 11.1. The molecule has 1 aromatic rings. The number of carbonyl (C=O) groups is 2. The summed E-state index contributed by atoms with van der Waals surface area (Å²) in [6.45, 7) is 4.09. The Bertz CT molecular complexity index is 778. The maximum absolute atomic E-state index is 12.7. The van der Waals surface area contributed by atoms with Crippen LogP contribution in [-0.4, -0.2) is 80.7 Å². The monoisotopic (exact) mass is 445 g/mol. The van der Waals surface area contributed by atoms with E-state index in [4.69, 9.17) is 0 Å². The summed E-state index contributed by atoms with van der Waals surface area (Å²) in [5, 5.41) is 20.0. The smallest absolute Gasteiger partial charge is 0.259 e. The highest BCUT2D eigenvalue weighted by Crippen LogP contribution is 2.24. The number of hydrogen-bond donors (Lipinski definition) is 6. The summed E-state index contributed by atoms with van der Waals surface area (Å²) in [5.41, 5.74) is 0.999. The van der Waals surface area contributed by atoms with Crippen LogP contribution in [0.2, 0.25) is 0 Å². The third-order valence-corrected chi connectivity index (χ3v) is 6.80. The molecule has 0 bridgehead atoms. The van der Waals surface area contributed by atoms with Crippen LogP contribution in [0.3, 0.4) is 0 Å². The standard InChI is InChI=1S/C21H31N7O2S/c29-12-16(15-4-2-1-3-5-15)10-22-6-7-23-21(30)17-11-28(8-9-31-17)20-18-19(25-13-24-18)26-14-27-20/h1-5,11-12,16,18-20,22,24-27H,6-10,13-14H2,(H,23,30). The summed E-state index contributed by atoms with van der Waals surface area (Å²) in [6, 6.07) is 9.97. The van der Waals surface area contributed by atoms with Gasteiger partial charge in [-0.15, -0.1) is 11.8 Å². The summed E-state index contributed by atoms with van der Waals surface area (Å²) in [6.07, 6.45) is 3.33. The van der Waals surface area contributed by atoms with Gasteiger partial charge in [-0.2, -0.15) is 0 Å². The molecule has 3 aliphatic rings. The van der Waals surface area contributed by atoms with E-state index in [9.17, 15) is 9.59 Å². The highest BCUT2D eigenvalue weighted by Gasteiger charge is 2.39. The van der Waals surface area contributed by atoms with E-state index in [-0.39, 0.29) is 30.2 Å². The number of hydrogen-bond acceptors (Lipinski definition) is 9. The maximum atomic E-state index is 12.7. The Kier molecular flexibility index (Phi) is 7.95. The molecule has 3 aliphatic heterocycles. The number of thioether (sulfide) groups is 1. The average Bonchev–Trinajstić information content (AvgIpc) is 3.31. The molecule has 6 N–H and O–H groups in total. The van der Waals surface area contributed by atoms with Crippen molar-refractivity contribution in [2.75, 3.05) is 45.3 Å². The largest absolute Gasteiger partial charge is 0.358 e. The van der Waals surface area contributed by atoms with Gasteiger partial charge in [-0.25, -0.2) is 0 Å². The first kappa shape index (κ1) is 22.3. The second-order valence-corrected chi connectivity index (χ2v) is 8.95. The molecule has 9 nitrogen and oxygen atoms in total. The van der Waals surface area contributed by atoms with Crippen molar-refractivity contribution in [3.8, 4) is 0 Å². The van der Waals surface area contributed by atoms with Gasteiger partial charge in [-0.3, -0.25) is 26.1 Å². The molecule has 0 aliphatic carbocycles. The van der Waals surface area contributed by atoms with Gasteiger partial charge >= 0.3 is 0 Å². The number of benzene rings is 1. The summed E-state index contributed by atoms with van der Waals surface area (Å²) < 4.78 is 0. The lowest BCUT2D eigenvalue weighted by atomic mass is 10.0. The van der Waals surface area contributed by atoms with Crippen molar-refractivity contribution in [2.45, 2.75) is 24.3 Å². The maximum Gasteiger partial charge on any atom is 0.259 e. The van der Waals surface area contributed by atoms with Gasteiger partial charge in [0.05, 0.1) is 29.2 Å². The average molecular weight is 446 g/mol. The highest BCUT2D eigenvalue weighted by molar-refractivity contribution is 8.04. The molecule has 2 fully saturated rings. The van der Waals surface area contributed by atoms with E-state index in [0.717, 1.165) is 42.4 Å². The summed E-state index contributed by atoms with van der Waals surface area (Å²) in [7, 11) is 0. The lowest BCUT2D eigenvalue weighted by Gasteiger charge is -2.42. The number of amides is 1. The molecule has 10 heteroatoms. The van der Waals surface area contributed by atoms with E-state index in [1.165, 1.54) is 0 Å². The van der Waals surface area contributed by atoms with Crippen LogP contribution in [0.1, 0.15) is 11.5 Å². The first-order valence-corrected chi connectivity index (χ1v) is 11.8. The lowest BCUT2D eigenvalue weighted by molar-refractivity contribution is -0.117. The van der Waals surface area contributed by atoms with Gasteiger partial charge in [-0.05, 0) is 5.56 Å². The van der Waals surface area contributed by atoms with Crippen LogP contribution in [0.25, 0.3) is 0 Å². The minimum atomic E-state index is -0.179. The zero-order valence-electron chi connectivity index (χ0n) is 17.5. The van der Waals surface area contributed by atoms with Gasteiger partial charge in [0.1, 0.15) is 6.29 Å². The van der Waals surface area contributed by atoms with Crippen LogP contribution in [0.5, 0.6) is 0 Å². The van der Waals surface area contributed by atoms with Crippen molar-refractivity contribution in [1.82, 2.24) is 36.8 Å². The van der Waals surface area contributed by atoms with E-state index in [1.807, 2.05) is 36.5 Å². The third-order valence-electron chi connectivity index (χ3n) is 5.81. The van der Waals surface area contributed by atoms with Gasteiger partial charge in [0.25, 0.3) is 5.91 Å². The normalized spacial score (nSPS) is 26.6. The lowest BCUT2D eigenvalue weighted by Crippen LogP contribution is -2.68. The van der Waals surface area contributed by atoms with Crippen LogP contribution >= 0.6 is 11.8 Å². The predicted molar refractivity (Wildman–Crippen MR) is 122 cm³/mol. The van der Waals surface area contributed by atoms with Crippen LogP contribution in [0.15, 0.2) is 41.4 Å². The molecule has 4 atom stereocenters. The van der Waals surface area contributed by atoms with Gasteiger partial charge in [-0.1, -0.05) is 30.3 Å². The molecule has 4 unspecified atom stereocenters. The fourth-order valence-electron chi connectivity index (χ4n) is 4.16. The quantitative estimate of drug-likeness (QED) is 0.208. The zero-order valence-corrected chi connectivity index (χ0v) is 18.3. The molecule has 31 heavy (non-hydrogen) atoms. The molecule has 0 radical (unpaired) electrons. The molecule has 0 spiro atoms. The van der Waals surface area contributed by atoms with Crippen LogP contribution in [0, 0.1) is 0 Å².